The Morgan fingerprint density at radius 3 is 2.50 bits per heavy atom. The highest BCUT2D eigenvalue weighted by molar-refractivity contribution is 9.09. The zero-order valence-corrected chi connectivity index (χ0v) is 12.2. The van der Waals surface area contributed by atoms with Crippen LogP contribution in [0.3, 0.4) is 0 Å². The molecule has 1 unspecified atom stereocenters. The zero-order chi connectivity index (χ0) is 12.7. The molecule has 2 aromatic carbocycles. The van der Waals surface area contributed by atoms with Crippen molar-refractivity contribution in [2.45, 2.75) is 18.7 Å². The summed E-state index contributed by atoms with van der Waals surface area (Å²) in [6.07, 6.45) is 4.46. The minimum absolute atomic E-state index is 0.356. The molecule has 0 N–H and O–H groups in total. The zero-order valence-electron chi connectivity index (χ0n) is 10.6. The second-order valence-corrected chi connectivity index (χ2v) is 5.81. The van der Waals surface area contributed by atoms with Gasteiger partial charge in [-0.25, -0.2) is 0 Å². The number of fused-ring (bicyclic) bond motifs is 1. The molecule has 90 valence electrons. The fourth-order valence-electron chi connectivity index (χ4n) is 2.63. The molecule has 0 aliphatic heterocycles. The van der Waals surface area contributed by atoms with Gasteiger partial charge in [-0.2, -0.15) is 0 Å². The van der Waals surface area contributed by atoms with Gasteiger partial charge >= 0.3 is 0 Å². The van der Waals surface area contributed by atoms with E-state index < -0.39 is 0 Å². The van der Waals surface area contributed by atoms with Crippen molar-refractivity contribution in [2.24, 2.45) is 0 Å². The second-order valence-electron chi connectivity index (χ2n) is 4.82. The predicted octanol–water partition coefficient (Wildman–Crippen LogP) is 5.43. The maximum absolute atomic E-state index is 3.72. The standard InChI is InChI=1S/C17H15Br/c1-11-10-15-14(8-9-16(15)18)17(12(11)2)13-6-4-3-5-7-13/h3-10,16H,1-2H3. The van der Waals surface area contributed by atoms with Crippen LogP contribution in [-0.2, 0) is 0 Å². The van der Waals surface area contributed by atoms with Gasteiger partial charge in [0.1, 0.15) is 0 Å². The Hall–Kier alpha value is -1.34. The van der Waals surface area contributed by atoms with Gasteiger partial charge in [0.05, 0.1) is 4.83 Å². The highest BCUT2D eigenvalue weighted by Gasteiger charge is 2.20. The molecule has 1 heteroatoms. The van der Waals surface area contributed by atoms with E-state index in [4.69, 9.17) is 0 Å². The van der Waals surface area contributed by atoms with Gasteiger partial charge in [-0.15, -0.1) is 0 Å². The van der Waals surface area contributed by atoms with Crippen LogP contribution in [0.4, 0.5) is 0 Å². The summed E-state index contributed by atoms with van der Waals surface area (Å²) in [6.45, 7) is 4.41. The third-order valence-corrected chi connectivity index (χ3v) is 4.51. The van der Waals surface area contributed by atoms with Gasteiger partial charge < -0.3 is 0 Å². The monoisotopic (exact) mass is 298 g/mol. The van der Waals surface area contributed by atoms with Gasteiger partial charge in [0, 0.05) is 0 Å². The number of alkyl halides is 1. The first kappa shape index (κ1) is 11.7. The van der Waals surface area contributed by atoms with Crippen LogP contribution < -0.4 is 0 Å². The van der Waals surface area contributed by atoms with Crippen LogP contribution in [0, 0.1) is 13.8 Å². The summed E-state index contributed by atoms with van der Waals surface area (Å²) >= 11 is 3.72. The highest BCUT2D eigenvalue weighted by Crippen LogP contribution is 2.42. The molecule has 3 rings (SSSR count). The first-order chi connectivity index (χ1) is 8.68. The lowest BCUT2D eigenvalue weighted by Gasteiger charge is -2.16. The summed E-state index contributed by atoms with van der Waals surface area (Å²) in [5.41, 5.74) is 8.18. The summed E-state index contributed by atoms with van der Waals surface area (Å²) in [5, 5.41) is 0. The average molecular weight is 299 g/mol. The van der Waals surface area contributed by atoms with E-state index in [1.54, 1.807) is 0 Å². The van der Waals surface area contributed by atoms with Crippen molar-refractivity contribution in [3.63, 3.8) is 0 Å². The van der Waals surface area contributed by atoms with Crippen LogP contribution in [0.2, 0.25) is 0 Å². The van der Waals surface area contributed by atoms with E-state index in [2.05, 4.69) is 78.3 Å². The Balaban J connectivity index is 2.33. The van der Waals surface area contributed by atoms with Crippen LogP contribution in [-0.4, -0.2) is 0 Å². The van der Waals surface area contributed by atoms with Gasteiger partial charge in [0.2, 0.25) is 0 Å². The molecule has 0 bridgehead atoms. The van der Waals surface area contributed by atoms with Crippen molar-refractivity contribution in [3.05, 3.63) is 64.7 Å². The molecule has 0 fully saturated rings. The third-order valence-electron chi connectivity index (χ3n) is 3.71. The molecule has 0 nitrogen and oxygen atoms in total. The molecule has 0 spiro atoms. The van der Waals surface area contributed by atoms with Gasteiger partial charge in [-0.1, -0.05) is 64.5 Å². The summed E-state index contributed by atoms with van der Waals surface area (Å²) in [5.74, 6) is 0. The Kier molecular flexibility index (Phi) is 2.87. The van der Waals surface area contributed by atoms with Crippen molar-refractivity contribution in [2.75, 3.05) is 0 Å². The van der Waals surface area contributed by atoms with E-state index in [1.165, 1.54) is 33.4 Å². The molecule has 18 heavy (non-hydrogen) atoms. The first-order valence-electron chi connectivity index (χ1n) is 6.20. The Morgan fingerprint density at radius 1 is 1.06 bits per heavy atom. The molecule has 1 aliphatic rings. The summed E-state index contributed by atoms with van der Waals surface area (Å²) < 4.78 is 0. The molecule has 0 heterocycles. The van der Waals surface area contributed by atoms with Crippen LogP contribution in [0.15, 0.2) is 42.5 Å². The van der Waals surface area contributed by atoms with E-state index in [-0.39, 0.29) is 0 Å². The van der Waals surface area contributed by atoms with Crippen LogP contribution in [0.5, 0.6) is 0 Å². The van der Waals surface area contributed by atoms with Crippen LogP contribution >= 0.6 is 15.9 Å². The normalized spacial score (nSPS) is 16.9. The quantitative estimate of drug-likeness (QED) is 0.616. The van der Waals surface area contributed by atoms with Gasteiger partial charge in [-0.3, -0.25) is 0 Å². The van der Waals surface area contributed by atoms with Gasteiger partial charge in [-0.05, 0) is 47.2 Å². The number of allylic oxidation sites excluding steroid dienone is 1. The van der Waals surface area contributed by atoms with Crippen molar-refractivity contribution in [3.8, 4) is 11.1 Å². The number of hydrogen-bond acceptors (Lipinski definition) is 0. The second kappa shape index (κ2) is 4.40. The van der Waals surface area contributed by atoms with E-state index >= 15 is 0 Å². The van der Waals surface area contributed by atoms with Crippen molar-refractivity contribution < 1.29 is 0 Å². The molecule has 0 saturated carbocycles. The maximum atomic E-state index is 3.72. The Morgan fingerprint density at radius 2 is 1.78 bits per heavy atom. The van der Waals surface area contributed by atoms with Crippen molar-refractivity contribution in [1.82, 2.24) is 0 Å². The molecule has 0 radical (unpaired) electrons. The topological polar surface area (TPSA) is 0 Å². The summed E-state index contributed by atoms with van der Waals surface area (Å²) in [4.78, 5) is 0.356. The Labute approximate surface area is 116 Å². The molecule has 2 aromatic rings. The molecular weight excluding hydrogens is 284 g/mol. The van der Waals surface area contributed by atoms with E-state index in [1.807, 2.05) is 0 Å². The SMILES string of the molecule is Cc1cc2c(c(-c3ccccc3)c1C)C=CC2Br. The molecule has 0 aromatic heterocycles. The lowest BCUT2D eigenvalue weighted by Crippen LogP contribution is -1.95. The van der Waals surface area contributed by atoms with Crippen molar-refractivity contribution in [1.29, 1.82) is 0 Å². The first-order valence-corrected chi connectivity index (χ1v) is 7.12. The number of hydrogen-bond donors (Lipinski definition) is 0. The highest BCUT2D eigenvalue weighted by atomic mass is 79.9. The molecule has 1 aliphatic carbocycles. The minimum Gasteiger partial charge on any atom is -0.0793 e. The largest absolute Gasteiger partial charge is 0.0793 e. The van der Waals surface area contributed by atoms with E-state index in [9.17, 15) is 0 Å². The lowest BCUT2D eigenvalue weighted by atomic mass is 9.90. The fourth-order valence-corrected chi connectivity index (χ4v) is 3.16. The smallest absolute Gasteiger partial charge is 0.0584 e. The van der Waals surface area contributed by atoms with Crippen LogP contribution in [0.1, 0.15) is 27.1 Å². The number of rotatable bonds is 1. The minimum atomic E-state index is 0.356. The van der Waals surface area contributed by atoms with E-state index in [0.29, 0.717) is 4.83 Å². The fraction of sp³-hybridized carbons (Fsp3) is 0.176. The van der Waals surface area contributed by atoms with Crippen molar-refractivity contribution >= 4 is 22.0 Å². The third kappa shape index (κ3) is 1.74. The Bertz CT molecular complexity index is 624. The molecular formula is C17H15Br. The number of halogens is 1. The van der Waals surface area contributed by atoms with Crippen LogP contribution in [0.25, 0.3) is 17.2 Å². The number of benzene rings is 2. The summed E-state index contributed by atoms with van der Waals surface area (Å²) in [6, 6.07) is 13.0. The average Bonchev–Trinajstić information content (AvgIpc) is 2.74. The van der Waals surface area contributed by atoms with Gasteiger partial charge in [0.15, 0.2) is 0 Å². The van der Waals surface area contributed by atoms with Gasteiger partial charge in [0.25, 0.3) is 0 Å². The predicted molar refractivity (Wildman–Crippen MR) is 82.1 cm³/mol. The number of aryl methyl sites for hydroxylation is 1. The molecule has 0 amide bonds. The molecule has 0 saturated heterocycles. The molecule has 1 atom stereocenters. The van der Waals surface area contributed by atoms with E-state index in [0.717, 1.165) is 0 Å². The maximum Gasteiger partial charge on any atom is 0.0584 e. The summed E-state index contributed by atoms with van der Waals surface area (Å²) in [7, 11) is 0. The lowest BCUT2D eigenvalue weighted by molar-refractivity contribution is 1.24.